The average molecular weight is 182 g/mol. The Morgan fingerprint density at radius 2 is 2.15 bits per heavy atom. The van der Waals surface area contributed by atoms with E-state index in [0.717, 1.165) is 5.82 Å². The summed E-state index contributed by atoms with van der Waals surface area (Å²) in [6, 6.07) is 1.72. The third-order valence-corrected chi connectivity index (χ3v) is 1.51. The first kappa shape index (κ1) is 9.73. The molecule has 0 radical (unpaired) electrons. The molecule has 0 aliphatic rings. The Labute approximate surface area is 77.5 Å². The summed E-state index contributed by atoms with van der Waals surface area (Å²) in [6.45, 7) is 0.381. The second-order valence-electron chi connectivity index (χ2n) is 2.89. The van der Waals surface area contributed by atoms with Crippen LogP contribution >= 0.6 is 0 Å². The Morgan fingerprint density at radius 3 is 2.69 bits per heavy atom. The normalized spacial score (nSPS) is 10.1. The minimum atomic E-state index is 0.381. The van der Waals surface area contributed by atoms with E-state index in [1.807, 2.05) is 19.0 Å². The van der Waals surface area contributed by atoms with Crippen molar-refractivity contribution in [3.05, 3.63) is 11.9 Å². The van der Waals surface area contributed by atoms with Crippen LogP contribution in [0.15, 0.2) is 6.07 Å². The summed E-state index contributed by atoms with van der Waals surface area (Å²) in [5.41, 5.74) is 5.59. The van der Waals surface area contributed by atoms with Crippen molar-refractivity contribution in [2.24, 2.45) is 0 Å². The molecule has 0 atom stereocenters. The minimum absolute atomic E-state index is 0.381. The second kappa shape index (κ2) is 4.04. The average Bonchev–Trinajstić information content (AvgIpc) is 2.03. The summed E-state index contributed by atoms with van der Waals surface area (Å²) in [7, 11) is 5.40. The van der Waals surface area contributed by atoms with Crippen molar-refractivity contribution in [2.45, 2.75) is 6.61 Å². The molecule has 1 rings (SSSR count). The predicted molar refractivity (Wildman–Crippen MR) is 51.5 cm³/mol. The van der Waals surface area contributed by atoms with Crippen LogP contribution in [-0.4, -0.2) is 31.2 Å². The van der Waals surface area contributed by atoms with E-state index in [-0.39, 0.29) is 0 Å². The number of ether oxygens (including phenoxy) is 1. The molecule has 0 fully saturated rings. The van der Waals surface area contributed by atoms with Crippen LogP contribution in [0.4, 0.5) is 11.6 Å². The highest BCUT2D eigenvalue weighted by Gasteiger charge is 2.03. The number of nitrogen functional groups attached to an aromatic ring is 1. The summed E-state index contributed by atoms with van der Waals surface area (Å²) in [6.07, 6.45) is 0. The first-order valence-electron chi connectivity index (χ1n) is 3.93. The van der Waals surface area contributed by atoms with Crippen molar-refractivity contribution in [3.63, 3.8) is 0 Å². The summed E-state index contributed by atoms with van der Waals surface area (Å²) < 4.78 is 4.92. The maximum absolute atomic E-state index is 5.59. The van der Waals surface area contributed by atoms with Gasteiger partial charge in [-0.05, 0) is 0 Å². The fourth-order valence-corrected chi connectivity index (χ4v) is 0.926. The molecule has 5 heteroatoms. The van der Waals surface area contributed by atoms with Gasteiger partial charge in [-0.25, -0.2) is 9.97 Å². The van der Waals surface area contributed by atoms with Crippen molar-refractivity contribution >= 4 is 11.6 Å². The molecule has 0 amide bonds. The Hall–Kier alpha value is -1.36. The predicted octanol–water partition coefficient (Wildman–Crippen LogP) is 0.271. The Morgan fingerprint density at radius 1 is 1.46 bits per heavy atom. The van der Waals surface area contributed by atoms with Crippen molar-refractivity contribution in [1.82, 2.24) is 9.97 Å². The van der Waals surface area contributed by atoms with Crippen molar-refractivity contribution in [1.29, 1.82) is 0 Å². The summed E-state index contributed by atoms with van der Waals surface area (Å²) >= 11 is 0. The van der Waals surface area contributed by atoms with E-state index < -0.39 is 0 Å². The zero-order valence-corrected chi connectivity index (χ0v) is 8.11. The smallest absolute Gasteiger partial charge is 0.158 e. The number of rotatable bonds is 3. The molecule has 72 valence electrons. The van der Waals surface area contributed by atoms with Crippen LogP contribution in [0.3, 0.4) is 0 Å². The third kappa shape index (κ3) is 2.55. The van der Waals surface area contributed by atoms with Gasteiger partial charge in [0.2, 0.25) is 0 Å². The number of aromatic nitrogens is 2. The summed E-state index contributed by atoms with van der Waals surface area (Å²) in [5, 5.41) is 0. The highest BCUT2D eigenvalue weighted by atomic mass is 16.5. The first-order valence-corrected chi connectivity index (χ1v) is 3.93. The lowest BCUT2D eigenvalue weighted by Crippen LogP contribution is -2.13. The topological polar surface area (TPSA) is 64.3 Å². The molecule has 0 saturated carbocycles. The lowest BCUT2D eigenvalue weighted by molar-refractivity contribution is 0.178. The number of nitrogens with two attached hydrogens (primary N) is 1. The van der Waals surface area contributed by atoms with Gasteiger partial charge in [-0.15, -0.1) is 0 Å². The monoisotopic (exact) mass is 182 g/mol. The molecule has 0 bridgehead atoms. The van der Waals surface area contributed by atoms with E-state index >= 15 is 0 Å². The second-order valence-corrected chi connectivity index (χ2v) is 2.89. The molecule has 1 aromatic rings. The molecule has 0 spiro atoms. The van der Waals surface area contributed by atoms with E-state index in [2.05, 4.69) is 9.97 Å². The van der Waals surface area contributed by atoms with E-state index in [4.69, 9.17) is 10.5 Å². The van der Waals surface area contributed by atoms with Crippen molar-refractivity contribution < 1.29 is 4.74 Å². The van der Waals surface area contributed by atoms with Crippen LogP contribution in [0.2, 0.25) is 0 Å². The summed E-state index contributed by atoms with van der Waals surface area (Å²) in [4.78, 5) is 10.1. The van der Waals surface area contributed by atoms with E-state index in [9.17, 15) is 0 Å². The van der Waals surface area contributed by atoms with Gasteiger partial charge in [0, 0.05) is 27.3 Å². The molecule has 13 heavy (non-hydrogen) atoms. The Balaban J connectivity index is 2.96. The SMILES string of the molecule is COCc1nc(N)cc(N(C)C)n1. The molecule has 0 aliphatic carbocycles. The lowest BCUT2D eigenvalue weighted by Gasteiger charge is -2.12. The van der Waals surface area contributed by atoms with Crippen LogP contribution < -0.4 is 10.6 Å². The van der Waals surface area contributed by atoms with Gasteiger partial charge in [-0.2, -0.15) is 0 Å². The standard InChI is InChI=1S/C8H14N4O/c1-12(2)8-4-6(9)10-7(11-8)5-13-3/h4H,5H2,1-3H3,(H2,9,10,11). The van der Waals surface area contributed by atoms with Crippen molar-refractivity contribution in [3.8, 4) is 0 Å². The zero-order chi connectivity index (χ0) is 9.84. The van der Waals surface area contributed by atoms with Crippen LogP contribution in [0.1, 0.15) is 5.82 Å². The minimum Gasteiger partial charge on any atom is -0.384 e. The fourth-order valence-electron chi connectivity index (χ4n) is 0.926. The van der Waals surface area contributed by atoms with Gasteiger partial charge in [0.15, 0.2) is 5.82 Å². The van der Waals surface area contributed by atoms with Gasteiger partial charge in [0.05, 0.1) is 0 Å². The van der Waals surface area contributed by atoms with Gasteiger partial charge >= 0.3 is 0 Å². The van der Waals surface area contributed by atoms with Gasteiger partial charge in [-0.3, -0.25) is 0 Å². The molecule has 1 heterocycles. The molecule has 1 aromatic heterocycles. The van der Waals surface area contributed by atoms with Gasteiger partial charge < -0.3 is 15.4 Å². The molecule has 0 aliphatic heterocycles. The van der Waals surface area contributed by atoms with Crippen LogP contribution in [0, 0.1) is 0 Å². The molecule has 5 nitrogen and oxygen atoms in total. The number of hydrogen-bond donors (Lipinski definition) is 1. The number of anilines is 2. The molecular weight excluding hydrogens is 168 g/mol. The number of methoxy groups -OCH3 is 1. The zero-order valence-electron chi connectivity index (χ0n) is 8.11. The van der Waals surface area contributed by atoms with Crippen LogP contribution in [0.25, 0.3) is 0 Å². The molecule has 0 saturated heterocycles. The lowest BCUT2D eigenvalue weighted by atomic mass is 10.4. The summed E-state index contributed by atoms with van der Waals surface area (Å²) in [5.74, 6) is 1.86. The highest BCUT2D eigenvalue weighted by Crippen LogP contribution is 2.11. The van der Waals surface area contributed by atoms with Gasteiger partial charge in [0.1, 0.15) is 18.2 Å². The van der Waals surface area contributed by atoms with Crippen molar-refractivity contribution in [2.75, 3.05) is 31.8 Å². The number of hydrogen-bond acceptors (Lipinski definition) is 5. The first-order chi connectivity index (χ1) is 6.13. The van der Waals surface area contributed by atoms with Gasteiger partial charge in [-0.1, -0.05) is 0 Å². The fraction of sp³-hybridized carbons (Fsp3) is 0.500. The van der Waals surface area contributed by atoms with Crippen LogP contribution in [-0.2, 0) is 11.3 Å². The van der Waals surface area contributed by atoms with E-state index in [1.165, 1.54) is 0 Å². The maximum Gasteiger partial charge on any atom is 0.158 e. The quantitative estimate of drug-likeness (QED) is 0.727. The van der Waals surface area contributed by atoms with Gasteiger partial charge in [0.25, 0.3) is 0 Å². The Bertz CT molecular complexity index is 287. The Kier molecular flexibility index (Phi) is 3.02. The van der Waals surface area contributed by atoms with E-state index in [1.54, 1.807) is 13.2 Å². The highest BCUT2D eigenvalue weighted by molar-refractivity contribution is 5.45. The van der Waals surface area contributed by atoms with Crippen LogP contribution in [0.5, 0.6) is 0 Å². The number of nitrogens with zero attached hydrogens (tertiary/aromatic N) is 3. The molecular formula is C8H14N4O. The molecule has 0 unspecified atom stereocenters. The maximum atomic E-state index is 5.59. The molecule has 0 aromatic carbocycles. The van der Waals surface area contributed by atoms with E-state index in [0.29, 0.717) is 18.2 Å². The third-order valence-electron chi connectivity index (χ3n) is 1.51. The largest absolute Gasteiger partial charge is 0.384 e. The molecule has 2 N–H and O–H groups in total.